The number of rotatable bonds is 8. The Morgan fingerprint density at radius 1 is 1.10 bits per heavy atom. The summed E-state index contributed by atoms with van der Waals surface area (Å²) in [6.45, 7) is 1.50. The van der Waals surface area contributed by atoms with Gasteiger partial charge in [-0.3, -0.25) is 9.59 Å². The fraction of sp³-hybridized carbons (Fsp3) is 0.286. The van der Waals surface area contributed by atoms with Crippen LogP contribution in [-0.2, 0) is 14.3 Å². The number of anilines is 1. The number of hydrogen-bond acceptors (Lipinski definition) is 6. The molecule has 1 N–H and O–H groups in total. The molecule has 0 heterocycles. The molecular formula is C21H24N2O5S. The van der Waals surface area contributed by atoms with Crippen LogP contribution >= 0.6 is 11.8 Å². The zero-order chi connectivity index (χ0) is 21.4. The third-order valence-corrected chi connectivity index (χ3v) is 5.01. The van der Waals surface area contributed by atoms with Crippen LogP contribution in [0.15, 0.2) is 53.4 Å². The van der Waals surface area contributed by atoms with Gasteiger partial charge < -0.3 is 19.7 Å². The summed E-state index contributed by atoms with van der Waals surface area (Å²) in [6.07, 6.45) is -1.00. The molecule has 2 rings (SSSR count). The van der Waals surface area contributed by atoms with Crippen LogP contribution in [0, 0.1) is 0 Å². The Hall–Kier alpha value is -3.00. The molecule has 0 spiro atoms. The average molecular weight is 416 g/mol. The Kier molecular flexibility index (Phi) is 8.09. The van der Waals surface area contributed by atoms with Crippen molar-refractivity contribution < 1.29 is 23.9 Å². The smallest absolute Gasteiger partial charge is 0.340 e. The Morgan fingerprint density at radius 2 is 1.83 bits per heavy atom. The first-order valence-corrected chi connectivity index (χ1v) is 9.88. The fourth-order valence-corrected chi connectivity index (χ4v) is 3.27. The molecule has 0 unspecified atom stereocenters. The normalized spacial score (nSPS) is 11.3. The van der Waals surface area contributed by atoms with Crippen LogP contribution in [0.3, 0.4) is 0 Å². The topological polar surface area (TPSA) is 84.9 Å². The molecule has 0 aliphatic carbocycles. The number of nitrogens with one attached hydrogen (secondary N) is 1. The van der Waals surface area contributed by atoms with Gasteiger partial charge in [-0.2, -0.15) is 0 Å². The minimum Gasteiger partial charge on any atom is -0.497 e. The second-order valence-electron chi connectivity index (χ2n) is 6.34. The predicted octanol–water partition coefficient (Wildman–Crippen LogP) is 3.06. The van der Waals surface area contributed by atoms with E-state index in [9.17, 15) is 14.4 Å². The monoisotopic (exact) mass is 416 g/mol. The highest BCUT2D eigenvalue weighted by molar-refractivity contribution is 8.00. The Labute approximate surface area is 174 Å². The van der Waals surface area contributed by atoms with Crippen LogP contribution in [0.2, 0.25) is 0 Å². The molecular weight excluding hydrogens is 392 g/mol. The van der Waals surface area contributed by atoms with Crippen molar-refractivity contribution in [1.82, 2.24) is 4.90 Å². The van der Waals surface area contributed by atoms with Gasteiger partial charge in [-0.1, -0.05) is 18.2 Å². The van der Waals surface area contributed by atoms with Crippen molar-refractivity contribution in [3.8, 4) is 5.75 Å². The van der Waals surface area contributed by atoms with E-state index >= 15 is 0 Å². The molecule has 154 valence electrons. The minimum absolute atomic E-state index is 0.0656. The Balaban J connectivity index is 2.01. The third-order valence-electron chi connectivity index (χ3n) is 3.95. The molecule has 0 bridgehead atoms. The van der Waals surface area contributed by atoms with Crippen molar-refractivity contribution in [1.29, 1.82) is 0 Å². The number of nitrogens with zero attached hydrogens (tertiary/aromatic N) is 1. The van der Waals surface area contributed by atoms with Gasteiger partial charge in [-0.15, -0.1) is 11.8 Å². The largest absolute Gasteiger partial charge is 0.497 e. The number of esters is 1. The summed E-state index contributed by atoms with van der Waals surface area (Å²) in [5, 5.41) is 2.69. The quantitative estimate of drug-likeness (QED) is 0.526. The molecule has 1 atom stereocenters. The van der Waals surface area contributed by atoms with Crippen LogP contribution in [0.4, 0.5) is 5.69 Å². The SMILES string of the molecule is COc1cccc(NC(=O)[C@H](C)OC(=O)c2ccccc2SCC(=O)N(C)C)c1. The number of methoxy groups -OCH3 is 1. The first-order valence-electron chi connectivity index (χ1n) is 8.89. The van der Waals surface area contributed by atoms with Crippen LogP contribution < -0.4 is 10.1 Å². The lowest BCUT2D eigenvalue weighted by Crippen LogP contribution is -2.30. The molecule has 0 aliphatic heterocycles. The number of thioether (sulfide) groups is 1. The minimum atomic E-state index is -1.00. The molecule has 7 nitrogen and oxygen atoms in total. The van der Waals surface area contributed by atoms with Gasteiger partial charge in [-0.25, -0.2) is 4.79 Å². The molecule has 8 heteroatoms. The van der Waals surface area contributed by atoms with Crippen molar-refractivity contribution in [3.05, 3.63) is 54.1 Å². The first-order chi connectivity index (χ1) is 13.8. The lowest BCUT2D eigenvalue weighted by atomic mass is 10.2. The molecule has 0 aromatic heterocycles. The molecule has 0 saturated heterocycles. The van der Waals surface area contributed by atoms with Crippen molar-refractivity contribution >= 4 is 35.2 Å². The molecule has 2 aromatic rings. The molecule has 2 aromatic carbocycles. The maximum absolute atomic E-state index is 12.6. The molecule has 2 amide bonds. The van der Waals surface area contributed by atoms with Crippen molar-refractivity contribution in [2.45, 2.75) is 17.9 Å². The summed E-state index contributed by atoms with van der Waals surface area (Å²) >= 11 is 1.25. The molecule has 29 heavy (non-hydrogen) atoms. The summed E-state index contributed by atoms with van der Waals surface area (Å²) in [4.78, 5) is 38.9. The van der Waals surface area contributed by atoms with Crippen LogP contribution in [0.5, 0.6) is 5.75 Å². The van der Waals surface area contributed by atoms with Gasteiger partial charge in [0.25, 0.3) is 5.91 Å². The summed E-state index contributed by atoms with van der Waals surface area (Å²) in [5.74, 6) is -0.350. The Bertz CT molecular complexity index is 885. The standard InChI is InChI=1S/C21H24N2O5S/c1-14(20(25)22-15-8-7-9-16(12-15)27-4)28-21(26)17-10-5-6-11-18(17)29-13-19(24)23(2)3/h5-12,14H,13H2,1-4H3,(H,22,25)/t14-/m0/s1. The summed E-state index contributed by atoms with van der Waals surface area (Å²) in [6, 6.07) is 13.7. The van der Waals surface area contributed by atoms with Gasteiger partial charge in [-0.05, 0) is 31.2 Å². The maximum Gasteiger partial charge on any atom is 0.340 e. The third kappa shape index (κ3) is 6.53. The van der Waals surface area contributed by atoms with Crippen LogP contribution in [-0.4, -0.2) is 55.7 Å². The average Bonchev–Trinajstić information content (AvgIpc) is 2.72. The van der Waals surface area contributed by atoms with E-state index in [4.69, 9.17) is 9.47 Å². The molecule has 0 radical (unpaired) electrons. The lowest BCUT2D eigenvalue weighted by Gasteiger charge is -2.15. The maximum atomic E-state index is 12.6. The highest BCUT2D eigenvalue weighted by atomic mass is 32.2. The van der Waals surface area contributed by atoms with Crippen LogP contribution in [0.25, 0.3) is 0 Å². The molecule has 0 saturated carbocycles. The summed E-state index contributed by atoms with van der Waals surface area (Å²) < 4.78 is 10.5. The van der Waals surface area contributed by atoms with E-state index in [0.29, 0.717) is 21.9 Å². The zero-order valence-electron chi connectivity index (χ0n) is 16.8. The van der Waals surface area contributed by atoms with Crippen molar-refractivity contribution in [3.63, 3.8) is 0 Å². The number of benzene rings is 2. The van der Waals surface area contributed by atoms with E-state index in [2.05, 4.69) is 5.32 Å². The highest BCUT2D eigenvalue weighted by Gasteiger charge is 2.21. The summed E-state index contributed by atoms with van der Waals surface area (Å²) in [5.41, 5.74) is 0.848. The Morgan fingerprint density at radius 3 is 2.52 bits per heavy atom. The molecule has 0 aliphatic rings. The number of amides is 2. The lowest BCUT2D eigenvalue weighted by molar-refractivity contribution is -0.126. The fourth-order valence-electron chi connectivity index (χ4n) is 2.25. The number of carbonyl (C=O) groups excluding carboxylic acids is 3. The number of hydrogen-bond donors (Lipinski definition) is 1. The van der Waals surface area contributed by atoms with Gasteiger partial charge in [0.15, 0.2) is 6.10 Å². The number of ether oxygens (including phenoxy) is 2. The van der Waals surface area contributed by atoms with E-state index in [0.717, 1.165) is 0 Å². The van der Waals surface area contributed by atoms with Crippen molar-refractivity contribution in [2.24, 2.45) is 0 Å². The zero-order valence-corrected chi connectivity index (χ0v) is 17.6. The van der Waals surface area contributed by atoms with E-state index in [1.54, 1.807) is 62.6 Å². The number of carbonyl (C=O) groups is 3. The van der Waals surface area contributed by atoms with E-state index in [1.165, 1.54) is 30.7 Å². The summed E-state index contributed by atoms with van der Waals surface area (Å²) in [7, 11) is 4.88. The van der Waals surface area contributed by atoms with Gasteiger partial charge in [0.2, 0.25) is 5.91 Å². The molecule has 0 fully saturated rings. The highest BCUT2D eigenvalue weighted by Crippen LogP contribution is 2.24. The first kappa shape index (κ1) is 22.3. The van der Waals surface area contributed by atoms with E-state index in [1.807, 2.05) is 0 Å². The second kappa shape index (κ2) is 10.5. The second-order valence-corrected chi connectivity index (χ2v) is 7.36. The predicted molar refractivity (Wildman–Crippen MR) is 112 cm³/mol. The van der Waals surface area contributed by atoms with Crippen molar-refractivity contribution in [2.75, 3.05) is 32.3 Å². The van der Waals surface area contributed by atoms with E-state index < -0.39 is 18.0 Å². The van der Waals surface area contributed by atoms with E-state index in [-0.39, 0.29) is 11.7 Å². The van der Waals surface area contributed by atoms with Gasteiger partial charge in [0, 0.05) is 30.7 Å². The van der Waals surface area contributed by atoms with Gasteiger partial charge >= 0.3 is 5.97 Å². The van der Waals surface area contributed by atoms with Gasteiger partial charge in [0.1, 0.15) is 5.75 Å². The van der Waals surface area contributed by atoms with Crippen LogP contribution in [0.1, 0.15) is 17.3 Å². The van der Waals surface area contributed by atoms with Gasteiger partial charge in [0.05, 0.1) is 18.4 Å².